The molecule has 0 bridgehead atoms. The van der Waals surface area contributed by atoms with Gasteiger partial charge in [0, 0.05) is 12.6 Å². The maximum atomic E-state index is 11.5. The molecule has 0 spiro atoms. The first-order valence-corrected chi connectivity index (χ1v) is 6.42. The van der Waals surface area contributed by atoms with Gasteiger partial charge in [0.1, 0.15) is 0 Å². The molecule has 2 N–H and O–H groups in total. The zero-order chi connectivity index (χ0) is 14.8. The summed E-state index contributed by atoms with van der Waals surface area (Å²) in [6, 6.07) is 6.11. The summed E-state index contributed by atoms with van der Waals surface area (Å²) < 4.78 is 5.28. The Morgan fingerprint density at radius 2 is 2.05 bits per heavy atom. The van der Waals surface area contributed by atoms with Crippen LogP contribution in [0.15, 0.2) is 24.3 Å². The molecule has 118 valence electrons. The fraction of sp³-hybridized carbons (Fsp3) is 0.462. The van der Waals surface area contributed by atoms with E-state index in [0.717, 1.165) is 13.0 Å². The number of rotatable bonds is 9. The number of benzene rings is 1. The fourth-order valence-corrected chi connectivity index (χ4v) is 1.57. The van der Waals surface area contributed by atoms with E-state index in [9.17, 15) is 14.9 Å². The lowest BCUT2D eigenvalue weighted by molar-refractivity contribution is -0.385. The van der Waals surface area contributed by atoms with Crippen molar-refractivity contribution >= 4 is 24.0 Å². The van der Waals surface area contributed by atoms with Crippen molar-refractivity contribution in [2.75, 3.05) is 26.7 Å². The molecule has 1 rings (SSSR count). The molecular weight excluding hydrogens is 298 g/mol. The zero-order valence-corrected chi connectivity index (χ0v) is 12.6. The topological polar surface area (TPSA) is 93.5 Å². The van der Waals surface area contributed by atoms with Gasteiger partial charge in [-0.1, -0.05) is 12.1 Å². The SMILES string of the molecule is CNCCCNC(=O)CCOc1ccccc1[N+](=O)[O-].Cl. The minimum Gasteiger partial charge on any atom is -0.486 e. The first-order valence-electron chi connectivity index (χ1n) is 6.42. The second-order valence-corrected chi connectivity index (χ2v) is 4.13. The van der Waals surface area contributed by atoms with Crippen molar-refractivity contribution in [2.24, 2.45) is 0 Å². The van der Waals surface area contributed by atoms with Gasteiger partial charge in [-0.05, 0) is 26.1 Å². The van der Waals surface area contributed by atoms with Gasteiger partial charge in [0.05, 0.1) is 18.0 Å². The molecule has 7 nitrogen and oxygen atoms in total. The van der Waals surface area contributed by atoms with Gasteiger partial charge in [-0.2, -0.15) is 0 Å². The molecule has 0 saturated heterocycles. The Hall–Kier alpha value is -1.86. The second-order valence-electron chi connectivity index (χ2n) is 4.13. The summed E-state index contributed by atoms with van der Waals surface area (Å²) in [6.45, 7) is 1.56. The number of hydrogen-bond donors (Lipinski definition) is 2. The summed E-state index contributed by atoms with van der Waals surface area (Å²) in [7, 11) is 1.85. The van der Waals surface area contributed by atoms with Crippen LogP contribution < -0.4 is 15.4 Å². The number of carbonyl (C=O) groups is 1. The Labute approximate surface area is 129 Å². The molecule has 1 amide bonds. The largest absolute Gasteiger partial charge is 0.486 e. The van der Waals surface area contributed by atoms with Crippen LogP contribution in [0.25, 0.3) is 0 Å². The van der Waals surface area contributed by atoms with Crippen LogP contribution in [0.1, 0.15) is 12.8 Å². The molecule has 8 heteroatoms. The standard InChI is InChI=1S/C13H19N3O4.ClH/c1-14-8-4-9-15-13(17)7-10-20-12-6-3-2-5-11(12)16(18)19;/h2-3,5-6,14H,4,7-10H2,1H3,(H,15,17);1H. The van der Waals surface area contributed by atoms with Crippen molar-refractivity contribution in [1.82, 2.24) is 10.6 Å². The predicted molar refractivity (Wildman–Crippen MR) is 82.0 cm³/mol. The smallest absolute Gasteiger partial charge is 0.310 e. The number of nitrogens with one attached hydrogen (secondary N) is 2. The Balaban J connectivity index is 0.00000400. The Morgan fingerprint density at radius 1 is 1.33 bits per heavy atom. The minimum absolute atomic E-state index is 0. The van der Waals surface area contributed by atoms with Crippen molar-refractivity contribution in [3.8, 4) is 5.75 Å². The lowest BCUT2D eigenvalue weighted by Crippen LogP contribution is -2.27. The normalized spacial score (nSPS) is 9.57. The van der Waals surface area contributed by atoms with Crippen LogP contribution in [0.2, 0.25) is 0 Å². The number of nitrogens with zero attached hydrogens (tertiary/aromatic N) is 1. The molecule has 0 aliphatic heterocycles. The summed E-state index contributed by atoms with van der Waals surface area (Å²) in [4.78, 5) is 21.7. The molecule has 0 fully saturated rings. The summed E-state index contributed by atoms with van der Waals surface area (Å²) in [5.74, 6) is 0.0557. The average Bonchev–Trinajstić information content (AvgIpc) is 2.44. The van der Waals surface area contributed by atoms with Crippen molar-refractivity contribution < 1.29 is 14.5 Å². The van der Waals surface area contributed by atoms with E-state index in [1.54, 1.807) is 12.1 Å². The lowest BCUT2D eigenvalue weighted by atomic mass is 10.3. The number of halogens is 1. The van der Waals surface area contributed by atoms with Crippen LogP contribution in [0.5, 0.6) is 5.75 Å². The quantitative estimate of drug-likeness (QED) is 0.409. The van der Waals surface area contributed by atoms with Crippen LogP contribution >= 0.6 is 12.4 Å². The highest BCUT2D eigenvalue weighted by Gasteiger charge is 2.13. The molecule has 0 aliphatic rings. The van der Waals surface area contributed by atoms with E-state index < -0.39 is 4.92 Å². The molecule has 21 heavy (non-hydrogen) atoms. The van der Waals surface area contributed by atoms with Crippen LogP contribution in [0.4, 0.5) is 5.69 Å². The summed E-state index contributed by atoms with van der Waals surface area (Å²) >= 11 is 0. The first kappa shape index (κ1) is 19.1. The molecule has 0 saturated carbocycles. The Bertz CT molecular complexity index is 457. The fourth-order valence-electron chi connectivity index (χ4n) is 1.57. The van der Waals surface area contributed by atoms with Gasteiger partial charge in [-0.3, -0.25) is 14.9 Å². The highest BCUT2D eigenvalue weighted by molar-refractivity contribution is 5.85. The average molecular weight is 318 g/mol. The van der Waals surface area contributed by atoms with Gasteiger partial charge in [-0.15, -0.1) is 12.4 Å². The van der Waals surface area contributed by atoms with Crippen molar-refractivity contribution in [3.05, 3.63) is 34.4 Å². The van der Waals surface area contributed by atoms with E-state index in [4.69, 9.17) is 4.74 Å². The number of nitro groups is 1. The molecule has 0 heterocycles. The predicted octanol–water partition coefficient (Wildman–Crippen LogP) is 1.51. The van der Waals surface area contributed by atoms with Crippen molar-refractivity contribution in [2.45, 2.75) is 12.8 Å². The van der Waals surface area contributed by atoms with Crippen molar-refractivity contribution in [3.63, 3.8) is 0 Å². The van der Waals surface area contributed by atoms with Crippen LogP contribution in [-0.2, 0) is 4.79 Å². The number of carbonyl (C=O) groups excluding carboxylic acids is 1. The third-order valence-electron chi connectivity index (χ3n) is 2.57. The Morgan fingerprint density at radius 3 is 2.71 bits per heavy atom. The maximum absolute atomic E-state index is 11.5. The van der Waals surface area contributed by atoms with Crippen LogP contribution in [0.3, 0.4) is 0 Å². The van der Waals surface area contributed by atoms with Gasteiger partial charge in [0.25, 0.3) is 0 Å². The molecule has 1 aromatic carbocycles. The highest BCUT2D eigenvalue weighted by Crippen LogP contribution is 2.25. The third kappa shape index (κ3) is 7.48. The highest BCUT2D eigenvalue weighted by atomic mass is 35.5. The first-order chi connectivity index (χ1) is 9.65. The summed E-state index contributed by atoms with van der Waals surface area (Å²) in [6.07, 6.45) is 1.03. The molecule has 0 radical (unpaired) electrons. The number of hydrogen-bond acceptors (Lipinski definition) is 5. The second kappa shape index (κ2) is 10.9. The van der Waals surface area contributed by atoms with Crippen LogP contribution in [-0.4, -0.2) is 37.6 Å². The lowest BCUT2D eigenvalue weighted by Gasteiger charge is -2.07. The number of ether oxygens (including phenoxy) is 1. The Kier molecular flexibility index (Phi) is 9.91. The summed E-state index contributed by atoms with van der Waals surface area (Å²) in [5, 5.41) is 16.5. The molecule has 0 unspecified atom stereocenters. The van der Waals surface area contributed by atoms with Gasteiger partial charge in [-0.25, -0.2) is 0 Å². The number of nitro benzene ring substituents is 1. The number of amides is 1. The van der Waals surface area contributed by atoms with E-state index in [-0.39, 0.29) is 42.8 Å². The molecule has 0 atom stereocenters. The van der Waals surface area contributed by atoms with E-state index in [0.29, 0.717) is 6.54 Å². The van der Waals surface area contributed by atoms with E-state index in [1.807, 2.05) is 7.05 Å². The van der Waals surface area contributed by atoms with Gasteiger partial charge < -0.3 is 15.4 Å². The van der Waals surface area contributed by atoms with E-state index >= 15 is 0 Å². The molecule has 0 aliphatic carbocycles. The van der Waals surface area contributed by atoms with Crippen LogP contribution in [0, 0.1) is 10.1 Å². The van der Waals surface area contributed by atoms with Gasteiger partial charge in [0.15, 0.2) is 5.75 Å². The third-order valence-corrected chi connectivity index (χ3v) is 2.57. The maximum Gasteiger partial charge on any atom is 0.310 e. The molecule has 1 aromatic rings. The van der Waals surface area contributed by atoms with E-state index in [2.05, 4.69) is 10.6 Å². The summed E-state index contributed by atoms with van der Waals surface area (Å²) in [5.41, 5.74) is -0.0954. The zero-order valence-electron chi connectivity index (χ0n) is 11.8. The van der Waals surface area contributed by atoms with E-state index in [1.165, 1.54) is 12.1 Å². The van der Waals surface area contributed by atoms with Gasteiger partial charge >= 0.3 is 5.69 Å². The van der Waals surface area contributed by atoms with Gasteiger partial charge in [0.2, 0.25) is 5.91 Å². The minimum atomic E-state index is -0.507. The van der Waals surface area contributed by atoms with Crippen molar-refractivity contribution in [1.29, 1.82) is 0 Å². The monoisotopic (exact) mass is 317 g/mol. The molecule has 0 aromatic heterocycles. The molecular formula is C13H20ClN3O4. The number of para-hydroxylation sites is 2.